The van der Waals surface area contributed by atoms with Gasteiger partial charge in [0.15, 0.2) is 0 Å². The molecular weight excluding hydrogens is 148 g/mol. The fourth-order valence-corrected chi connectivity index (χ4v) is 1.35. The molecule has 0 atom stereocenters. The van der Waals surface area contributed by atoms with E-state index in [0.717, 1.165) is 17.0 Å². The molecular formula is C10H10N2. The predicted molar refractivity (Wildman–Crippen MR) is 51.4 cm³/mol. The summed E-state index contributed by atoms with van der Waals surface area (Å²) in [5.41, 5.74) is 3.27. The van der Waals surface area contributed by atoms with Gasteiger partial charge in [0.25, 0.3) is 0 Å². The van der Waals surface area contributed by atoms with E-state index in [9.17, 15) is 0 Å². The van der Waals surface area contributed by atoms with Crippen LogP contribution in [0.3, 0.4) is 0 Å². The second kappa shape index (κ2) is 2.48. The van der Waals surface area contributed by atoms with Crippen LogP contribution in [0.15, 0.2) is 41.7 Å². The fourth-order valence-electron chi connectivity index (χ4n) is 1.35. The molecule has 0 aliphatic carbocycles. The number of anilines is 1. The lowest BCUT2D eigenvalue weighted by molar-refractivity contribution is 1.27. The van der Waals surface area contributed by atoms with Gasteiger partial charge in [-0.25, -0.2) is 4.99 Å². The molecule has 1 heterocycles. The van der Waals surface area contributed by atoms with Gasteiger partial charge in [-0.3, -0.25) is 0 Å². The van der Waals surface area contributed by atoms with Crippen molar-refractivity contribution in [2.75, 3.05) is 5.32 Å². The van der Waals surface area contributed by atoms with E-state index in [1.165, 1.54) is 0 Å². The lowest BCUT2D eigenvalue weighted by atomic mass is 10.1. The van der Waals surface area contributed by atoms with Crippen molar-refractivity contribution >= 4 is 11.4 Å². The first kappa shape index (κ1) is 7.10. The maximum absolute atomic E-state index is 4.24. The normalized spacial score (nSPS) is 14.8. The van der Waals surface area contributed by atoms with Gasteiger partial charge in [0, 0.05) is 17.0 Å². The summed E-state index contributed by atoms with van der Waals surface area (Å²) in [5, 5.41) is 3.11. The van der Waals surface area contributed by atoms with E-state index in [4.69, 9.17) is 0 Å². The quantitative estimate of drug-likeness (QED) is 0.616. The highest BCUT2D eigenvalue weighted by Gasteiger charge is 2.09. The van der Waals surface area contributed by atoms with Crippen molar-refractivity contribution in [2.24, 2.45) is 4.99 Å². The van der Waals surface area contributed by atoms with Crippen LogP contribution >= 0.6 is 0 Å². The smallest absolute Gasteiger partial charge is 0.123 e. The SMILES string of the molecule is C=C1N=C(C)c2ccccc2N1. The largest absolute Gasteiger partial charge is 0.340 e. The second-order valence-corrected chi connectivity index (χ2v) is 2.81. The molecule has 2 nitrogen and oxygen atoms in total. The molecule has 0 bridgehead atoms. The molecule has 0 amide bonds. The Morgan fingerprint density at radius 3 is 2.92 bits per heavy atom. The maximum Gasteiger partial charge on any atom is 0.123 e. The van der Waals surface area contributed by atoms with Crippen LogP contribution in [0.5, 0.6) is 0 Å². The van der Waals surface area contributed by atoms with Crippen molar-refractivity contribution < 1.29 is 0 Å². The minimum atomic E-state index is 0.714. The van der Waals surface area contributed by atoms with Crippen molar-refractivity contribution in [3.63, 3.8) is 0 Å². The zero-order valence-corrected chi connectivity index (χ0v) is 6.96. The van der Waals surface area contributed by atoms with Crippen LogP contribution in [0.25, 0.3) is 0 Å². The van der Waals surface area contributed by atoms with Crippen molar-refractivity contribution in [3.8, 4) is 0 Å². The van der Waals surface area contributed by atoms with Crippen molar-refractivity contribution in [1.82, 2.24) is 0 Å². The molecule has 12 heavy (non-hydrogen) atoms. The summed E-state index contributed by atoms with van der Waals surface area (Å²) in [6.45, 7) is 5.76. The second-order valence-electron chi connectivity index (χ2n) is 2.81. The van der Waals surface area contributed by atoms with E-state index >= 15 is 0 Å². The molecule has 0 saturated carbocycles. The van der Waals surface area contributed by atoms with Gasteiger partial charge in [-0.1, -0.05) is 24.8 Å². The molecule has 0 aromatic heterocycles. The highest BCUT2D eigenvalue weighted by molar-refractivity contribution is 6.05. The van der Waals surface area contributed by atoms with Crippen LogP contribution in [0.1, 0.15) is 12.5 Å². The average molecular weight is 158 g/mol. The molecule has 1 N–H and O–H groups in total. The van der Waals surface area contributed by atoms with Gasteiger partial charge >= 0.3 is 0 Å². The third-order valence-corrected chi connectivity index (χ3v) is 1.90. The van der Waals surface area contributed by atoms with E-state index in [0.29, 0.717) is 5.82 Å². The Kier molecular flexibility index (Phi) is 1.47. The molecule has 2 heteroatoms. The first-order valence-corrected chi connectivity index (χ1v) is 3.88. The van der Waals surface area contributed by atoms with E-state index < -0.39 is 0 Å². The summed E-state index contributed by atoms with van der Waals surface area (Å²) < 4.78 is 0. The lowest BCUT2D eigenvalue weighted by Crippen LogP contribution is -2.10. The molecule has 0 fully saturated rings. The number of aliphatic imine (C=N–C) groups is 1. The number of hydrogen-bond acceptors (Lipinski definition) is 2. The Hall–Kier alpha value is -1.57. The number of hydrogen-bond donors (Lipinski definition) is 1. The summed E-state index contributed by atoms with van der Waals surface area (Å²) in [4.78, 5) is 4.24. The molecule has 60 valence electrons. The Labute approximate surface area is 71.6 Å². The van der Waals surface area contributed by atoms with Crippen molar-refractivity contribution in [1.29, 1.82) is 0 Å². The van der Waals surface area contributed by atoms with Gasteiger partial charge < -0.3 is 5.32 Å². The molecule has 1 aliphatic rings. The third-order valence-electron chi connectivity index (χ3n) is 1.90. The Balaban J connectivity index is 2.60. The van der Waals surface area contributed by atoms with E-state index in [-0.39, 0.29) is 0 Å². The summed E-state index contributed by atoms with van der Waals surface area (Å²) in [5.74, 6) is 0.714. The topological polar surface area (TPSA) is 24.4 Å². The van der Waals surface area contributed by atoms with Crippen LogP contribution in [-0.2, 0) is 0 Å². The van der Waals surface area contributed by atoms with Gasteiger partial charge in [-0.2, -0.15) is 0 Å². The summed E-state index contributed by atoms with van der Waals surface area (Å²) in [6.07, 6.45) is 0. The molecule has 0 radical (unpaired) electrons. The van der Waals surface area contributed by atoms with Crippen LogP contribution in [-0.4, -0.2) is 5.71 Å². The lowest BCUT2D eigenvalue weighted by Gasteiger charge is -2.16. The van der Waals surface area contributed by atoms with Gasteiger partial charge in [0.05, 0.1) is 0 Å². The first-order chi connectivity index (χ1) is 5.77. The van der Waals surface area contributed by atoms with Crippen LogP contribution in [0, 0.1) is 0 Å². The zero-order valence-electron chi connectivity index (χ0n) is 6.96. The molecule has 1 aromatic carbocycles. The summed E-state index contributed by atoms with van der Waals surface area (Å²) in [7, 11) is 0. The molecule has 1 aromatic rings. The number of fused-ring (bicyclic) bond motifs is 1. The average Bonchev–Trinajstić information content (AvgIpc) is 2.04. The zero-order chi connectivity index (χ0) is 8.55. The minimum Gasteiger partial charge on any atom is -0.340 e. The third kappa shape index (κ3) is 1.01. The standard InChI is InChI=1S/C10H10N2/c1-7-9-5-3-4-6-10(9)12-8(2)11-7/h3-6,12H,2H2,1H3. The Bertz CT molecular complexity index is 364. The minimum absolute atomic E-state index is 0.714. The molecule has 0 spiro atoms. The van der Waals surface area contributed by atoms with Gasteiger partial charge in [-0.05, 0) is 13.0 Å². The Morgan fingerprint density at radius 2 is 2.08 bits per heavy atom. The molecule has 0 unspecified atom stereocenters. The molecule has 0 saturated heterocycles. The van der Waals surface area contributed by atoms with Crippen LogP contribution in [0.2, 0.25) is 0 Å². The van der Waals surface area contributed by atoms with E-state index in [2.05, 4.69) is 16.9 Å². The number of rotatable bonds is 0. The molecule has 2 rings (SSSR count). The van der Waals surface area contributed by atoms with E-state index in [1.807, 2.05) is 31.2 Å². The van der Waals surface area contributed by atoms with Crippen LogP contribution in [0.4, 0.5) is 5.69 Å². The van der Waals surface area contributed by atoms with Gasteiger partial charge in [0.1, 0.15) is 5.82 Å². The first-order valence-electron chi connectivity index (χ1n) is 3.88. The van der Waals surface area contributed by atoms with Gasteiger partial charge in [-0.15, -0.1) is 0 Å². The summed E-state index contributed by atoms with van der Waals surface area (Å²) >= 11 is 0. The highest BCUT2D eigenvalue weighted by atomic mass is 15.1. The highest BCUT2D eigenvalue weighted by Crippen LogP contribution is 2.22. The van der Waals surface area contributed by atoms with Gasteiger partial charge in [0.2, 0.25) is 0 Å². The van der Waals surface area contributed by atoms with Crippen LogP contribution < -0.4 is 5.32 Å². The van der Waals surface area contributed by atoms with E-state index in [1.54, 1.807) is 0 Å². The molecule has 1 aliphatic heterocycles. The monoisotopic (exact) mass is 158 g/mol. The number of nitrogens with one attached hydrogen (secondary N) is 1. The fraction of sp³-hybridized carbons (Fsp3) is 0.100. The van der Waals surface area contributed by atoms with Crippen molar-refractivity contribution in [2.45, 2.75) is 6.92 Å². The summed E-state index contributed by atoms with van der Waals surface area (Å²) in [6, 6.07) is 8.08. The maximum atomic E-state index is 4.24. The Morgan fingerprint density at radius 1 is 1.33 bits per heavy atom. The number of para-hydroxylation sites is 1. The van der Waals surface area contributed by atoms with Crippen molar-refractivity contribution in [3.05, 3.63) is 42.2 Å². The predicted octanol–water partition coefficient (Wildman–Crippen LogP) is 2.39. The number of benzene rings is 1. The number of nitrogens with zero attached hydrogens (tertiary/aromatic N) is 1.